The Balaban J connectivity index is 0. The van der Waals surface area contributed by atoms with Crippen LogP contribution < -0.4 is 0 Å². The molecular formula is C21H48N2O3. The SMILES string of the molecule is C.C.CC(C)OCCN1CCCCC1.CC(C)OCCN1CCOCC1. The summed E-state index contributed by atoms with van der Waals surface area (Å²) in [7, 11) is 0. The lowest BCUT2D eigenvalue weighted by molar-refractivity contribution is 0.00965. The van der Waals surface area contributed by atoms with E-state index >= 15 is 0 Å². The first-order valence-corrected chi connectivity index (χ1v) is 9.83. The lowest BCUT2D eigenvalue weighted by atomic mass is 10.1. The molecule has 0 bridgehead atoms. The third-order valence-electron chi connectivity index (χ3n) is 4.27. The summed E-state index contributed by atoms with van der Waals surface area (Å²) < 4.78 is 16.2. The van der Waals surface area contributed by atoms with Crippen molar-refractivity contribution in [3.63, 3.8) is 0 Å². The Kier molecular flexibility index (Phi) is 19.6. The second kappa shape index (κ2) is 18.2. The molecule has 2 aliphatic rings. The Morgan fingerprint density at radius 3 is 1.54 bits per heavy atom. The van der Waals surface area contributed by atoms with Gasteiger partial charge in [0.05, 0.1) is 38.6 Å². The fourth-order valence-electron chi connectivity index (χ4n) is 2.84. The van der Waals surface area contributed by atoms with Crippen LogP contribution in [-0.2, 0) is 14.2 Å². The van der Waals surface area contributed by atoms with E-state index < -0.39 is 0 Å². The average Bonchev–Trinajstić information content (AvgIpc) is 2.57. The molecule has 0 aliphatic carbocycles. The molecule has 2 heterocycles. The zero-order valence-corrected chi connectivity index (χ0v) is 16.5. The second-order valence-electron chi connectivity index (χ2n) is 7.20. The van der Waals surface area contributed by atoms with E-state index in [1.165, 1.54) is 32.4 Å². The fraction of sp³-hybridized carbons (Fsp3) is 1.00. The summed E-state index contributed by atoms with van der Waals surface area (Å²) >= 11 is 0. The van der Waals surface area contributed by atoms with Crippen molar-refractivity contribution in [1.82, 2.24) is 9.80 Å². The van der Waals surface area contributed by atoms with Crippen LogP contribution in [0.15, 0.2) is 0 Å². The summed E-state index contributed by atoms with van der Waals surface area (Å²) in [4.78, 5) is 4.89. The number of nitrogens with zero attached hydrogens (tertiary/aromatic N) is 2. The number of hydrogen-bond acceptors (Lipinski definition) is 5. The highest BCUT2D eigenvalue weighted by atomic mass is 16.5. The van der Waals surface area contributed by atoms with Crippen molar-refractivity contribution in [3.05, 3.63) is 0 Å². The maximum atomic E-state index is 5.50. The van der Waals surface area contributed by atoms with Crippen LogP contribution in [0.3, 0.4) is 0 Å². The van der Waals surface area contributed by atoms with Crippen molar-refractivity contribution < 1.29 is 14.2 Å². The zero-order valence-electron chi connectivity index (χ0n) is 16.5. The Labute approximate surface area is 164 Å². The molecule has 5 heteroatoms. The van der Waals surface area contributed by atoms with E-state index in [0.29, 0.717) is 12.2 Å². The summed E-state index contributed by atoms with van der Waals surface area (Å²) in [6, 6.07) is 0. The monoisotopic (exact) mass is 376 g/mol. The molecule has 160 valence electrons. The van der Waals surface area contributed by atoms with E-state index in [0.717, 1.165) is 52.6 Å². The highest BCUT2D eigenvalue weighted by molar-refractivity contribution is 4.64. The lowest BCUT2D eigenvalue weighted by Crippen LogP contribution is -2.38. The summed E-state index contributed by atoms with van der Waals surface area (Å²) in [5.41, 5.74) is 0. The van der Waals surface area contributed by atoms with Crippen molar-refractivity contribution in [2.75, 3.05) is 65.7 Å². The predicted molar refractivity (Wildman–Crippen MR) is 113 cm³/mol. The quantitative estimate of drug-likeness (QED) is 0.641. The molecule has 0 amide bonds. The molecule has 2 saturated heterocycles. The number of piperidine rings is 1. The van der Waals surface area contributed by atoms with E-state index in [4.69, 9.17) is 14.2 Å². The third-order valence-corrected chi connectivity index (χ3v) is 4.27. The predicted octanol–water partition coefficient (Wildman–Crippen LogP) is 3.91. The average molecular weight is 377 g/mol. The molecule has 0 unspecified atom stereocenters. The third kappa shape index (κ3) is 16.0. The minimum atomic E-state index is 0. The topological polar surface area (TPSA) is 34.2 Å². The first-order valence-electron chi connectivity index (χ1n) is 9.83. The van der Waals surface area contributed by atoms with Crippen molar-refractivity contribution in [1.29, 1.82) is 0 Å². The molecule has 5 nitrogen and oxygen atoms in total. The first kappa shape index (κ1) is 28.0. The van der Waals surface area contributed by atoms with Gasteiger partial charge < -0.3 is 19.1 Å². The molecule has 2 fully saturated rings. The van der Waals surface area contributed by atoms with Crippen molar-refractivity contribution in [3.8, 4) is 0 Å². The Bertz CT molecular complexity index is 248. The van der Waals surface area contributed by atoms with Gasteiger partial charge in [0.15, 0.2) is 0 Å². The van der Waals surface area contributed by atoms with Gasteiger partial charge in [0.2, 0.25) is 0 Å². The number of rotatable bonds is 8. The highest BCUT2D eigenvalue weighted by Crippen LogP contribution is 2.07. The van der Waals surface area contributed by atoms with Crippen molar-refractivity contribution >= 4 is 0 Å². The summed E-state index contributed by atoms with van der Waals surface area (Å²) in [5.74, 6) is 0. The van der Waals surface area contributed by atoms with Crippen molar-refractivity contribution in [2.45, 2.75) is 74.0 Å². The van der Waals surface area contributed by atoms with Crippen LogP contribution in [0.25, 0.3) is 0 Å². The highest BCUT2D eigenvalue weighted by Gasteiger charge is 2.10. The minimum Gasteiger partial charge on any atom is -0.379 e. The second-order valence-corrected chi connectivity index (χ2v) is 7.20. The van der Waals surface area contributed by atoms with E-state index in [-0.39, 0.29) is 14.9 Å². The molecule has 2 aliphatic heterocycles. The molecule has 0 aromatic heterocycles. The van der Waals surface area contributed by atoms with Gasteiger partial charge in [0, 0.05) is 26.2 Å². The largest absolute Gasteiger partial charge is 0.379 e. The van der Waals surface area contributed by atoms with Gasteiger partial charge in [-0.15, -0.1) is 0 Å². The molecule has 26 heavy (non-hydrogen) atoms. The molecule has 0 N–H and O–H groups in total. The Morgan fingerprint density at radius 1 is 0.692 bits per heavy atom. The van der Waals surface area contributed by atoms with Crippen LogP contribution in [-0.4, -0.2) is 87.7 Å². The normalized spacial score (nSPS) is 18.7. The summed E-state index contributed by atoms with van der Waals surface area (Å²) in [6.07, 6.45) is 4.91. The van der Waals surface area contributed by atoms with Crippen molar-refractivity contribution in [2.24, 2.45) is 0 Å². The van der Waals surface area contributed by atoms with Crippen LogP contribution in [0.1, 0.15) is 61.8 Å². The smallest absolute Gasteiger partial charge is 0.0596 e. The lowest BCUT2D eigenvalue weighted by Gasteiger charge is -2.26. The van der Waals surface area contributed by atoms with Gasteiger partial charge >= 0.3 is 0 Å². The molecule has 0 atom stereocenters. The first-order chi connectivity index (χ1) is 11.6. The van der Waals surface area contributed by atoms with Gasteiger partial charge in [0.1, 0.15) is 0 Å². The van der Waals surface area contributed by atoms with Gasteiger partial charge in [-0.05, 0) is 53.6 Å². The van der Waals surface area contributed by atoms with Crippen LogP contribution >= 0.6 is 0 Å². The molecule has 0 spiro atoms. The summed E-state index contributed by atoms with van der Waals surface area (Å²) in [5, 5.41) is 0. The van der Waals surface area contributed by atoms with E-state index in [1.807, 2.05) is 0 Å². The van der Waals surface area contributed by atoms with Gasteiger partial charge in [-0.1, -0.05) is 21.3 Å². The van der Waals surface area contributed by atoms with Gasteiger partial charge in [-0.3, -0.25) is 4.90 Å². The van der Waals surface area contributed by atoms with Crippen LogP contribution in [0.4, 0.5) is 0 Å². The summed E-state index contributed by atoms with van der Waals surface area (Å²) in [6.45, 7) is 18.7. The molecule has 0 aromatic carbocycles. The number of morpholine rings is 1. The van der Waals surface area contributed by atoms with Gasteiger partial charge in [-0.2, -0.15) is 0 Å². The standard InChI is InChI=1S/C10H21NO.C9H19NO2.2CH4/c1-10(2)12-9-8-11-6-4-3-5-7-11;1-9(2)12-8-5-10-3-6-11-7-4-10;;/h10H,3-9H2,1-2H3;9H,3-8H2,1-2H3;2*1H4. The van der Waals surface area contributed by atoms with Crippen LogP contribution in [0.2, 0.25) is 0 Å². The van der Waals surface area contributed by atoms with Crippen LogP contribution in [0, 0.1) is 0 Å². The minimum absolute atomic E-state index is 0. The number of hydrogen-bond donors (Lipinski definition) is 0. The van der Waals surface area contributed by atoms with E-state index in [1.54, 1.807) is 0 Å². The zero-order chi connectivity index (χ0) is 17.6. The Morgan fingerprint density at radius 2 is 1.12 bits per heavy atom. The van der Waals surface area contributed by atoms with Gasteiger partial charge in [-0.25, -0.2) is 0 Å². The number of ether oxygens (including phenoxy) is 3. The Hall–Kier alpha value is -0.200. The maximum absolute atomic E-state index is 5.50. The molecule has 0 radical (unpaired) electrons. The van der Waals surface area contributed by atoms with E-state index in [2.05, 4.69) is 37.5 Å². The van der Waals surface area contributed by atoms with Gasteiger partial charge in [0.25, 0.3) is 0 Å². The van der Waals surface area contributed by atoms with Crippen LogP contribution in [0.5, 0.6) is 0 Å². The molecule has 0 aromatic rings. The number of likely N-dealkylation sites (tertiary alicyclic amines) is 1. The maximum Gasteiger partial charge on any atom is 0.0596 e. The fourth-order valence-corrected chi connectivity index (χ4v) is 2.84. The van der Waals surface area contributed by atoms with E-state index in [9.17, 15) is 0 Å². The molecule has 2 rings (SSSR count). The molecule has 0 saturated carbocycles. The molecular weight excluding hydrogens is 328 g/mol.